The number of carbonyl (C=O) groups is 1. The van der Waals surface area contributed by atoms with Gasteiger partial charge in [0.05, 0.1) is 17.6 Å². The number of para-hydroxylation sites is 2. The highest BCUT2D eigenvalue weighted by atomic mass is 16.6. The fraction of sp³-hybridized carbons (Fsp3) is 0.261. The van der Waals surface area contributed by atoms with Crippen LogP contribution in [0.1, 0.15) is 28.4 Å². The van der Waals surface area contributed by atoms with E-state index in [1.54, 1.807) is 18.6 Å². The number of ether oxygens (including phenoxy) is 2. The summed E-state index contributed by atoms with van der Waals surface area (Å²) in [5.74, 6) is -0.297. The first-order valence-electron chi connectivity index (χ1n) is 9.74. The van der Waals surface area contributed by atoms with Gasteiger partial charge in [-0.3, -0.25) is 4.57 Å². The molecule has 30 heavy (non-hydrogen) atoms. The average molecular weight is 404 g/mol. The van der Waals surface area contributed by atoms with E-state index in [4.69, 9.17) is 25.2 Å². The fourth-order valence-electron chi connectivity index (χ4n) is 3.71. The molecule has 0 aliphatic heterocycles. The highest BCUT2D eigenvalue weighted by Gasteiger charge is 2.27. The van der Waals surface area contributed by atoms with Gasteiger partial charge in [0.25, 0.3) is 0 Å². The van der Waals surface area contributed by atoms with E-state index < -0.39 is 12.1 Å². The monoisotopic (exact) mass is 404 g/mol. The zero-order valence-electron chi connectivity index (χ0n) is 17.5. The number of carbonyl (C=O) groups excluding carboxylic acids is 1. The summed E-state index contributed by atoms with van der Waals surface area (Å²) in [7, 11) is 1.56. The zero-order chi connectivity index (χ0) is 21.4. The summed E-state index contributed by atoms with van der Waals surface area (Å²) >= 11 is 0. The molecule has 0 amide bonds. The second-order valence-electron chi connectivity index (χ2n) is 7.50. The maximum Gasteiger partial charge on any atom is 0.344 e. The number of anilines is 1. The van der Waals surface area contributed by atoms with Crippen LogP contribution >= 0.6 is 0 Å². The second kappa shape index (κ2) is 7.76. The van der Waals surface area contributed by atoms with Crippen LogP contribution in [0.15, 0.2) is 42.5 Å². The van der Waals surface area contributed by atoms with Crippen molar-refractivity contribution < 1.29 is 14.3 Å². The Labute approximate surface area is 174 Å². The van der Waals surface area contributed by atoms with Crippen LogP contribution in [0, 0.1) is 13.8 Å². The molecule has 0 radical (unpaired) electrons. The SMILES string of the molecule is COCC(C)OC(=O)c1c(N)n(-c2cc(C)cc(C)c2)c2nc3ccccc3nc12. The quantitative estimate of drug-likeness (QED) is 0.506. The van der Waals surface area contributed by atoms with Crippen molar-refractivity contribution in [3.05, 3.63) is 59.2 Å². The van der Waals surface area contributed by atoms with Crippen molar-refractivity contribution in [3.63, 3.8) is 0 Å². The largest absolute Gasteiger partial charge is 0.456 e. The number of fused-ring (bicyclic) bond motifs is 2. The molecule has 4 aromatic rings. The van der Waals surface area contributed by atoms with Crippen molar-refractivity contribution in [2.75, 3.05) is 19.5 Å². The maximum absolute atomic E-state index is 13.0. The van der Waals surface area contributed by atoms with Crippen molar-refractivity contribution in [2.24, 2.45) is 0 Å². The summed E-state index contributed by atoms with van der Waals surface area (Å²) in [6, 6.07) is 13.6. The molecule has 4 rings (SSSR count). The summed E-state index contributed by atoms with van der Waals surface area (Å²) in [5, 5.41) is 0. The third-order valence-electron chi connectivity index (χ3n) is 4.88. The first kappa shape index (κ1) is 19.8. The van der Waals surface area contributed by atoms with E-state index in [2.05, 4.69) is 6.07 Å². The van der Waals surface area contributed by atoms with Gasteiger partial charge in [-0.1, -0.05) is 18.2 Å². The number of hydrogen-bond donors (Lipinski definition) is 1. The Kier molecular flexibility index (Phi) is 5.13. The number of rotatable bonds is 5. The smallest absolute Gasteiger partial charge is 0.344 e. The topological polar surface area (TPSA) is 92.3 Å². The van der Waals surface area contributed by atoms with Crippen LogP contribution in [0.3, 0.4) is 0 Å². The van der Waals surface area contributed by atoms with Gasteiger partial charge in [-0.25, -0.2) is 14.8 Å². The molecule has 0 bridgehead atoms. The van der Waals surface area contributed by atoms with Gasteiger partial charge in [-0.05, 0) is 56.2 Å². The first-order valence-corrected chi connectivity index (χ1v) is 9.74. The minimum atomic E-state index is -0.547. The normalized spacial score (nSPS) is 12.4. The number of methoxy groups -OCH3 is 1. The van der Waals surface area contributed by atoms with Crippen LogP contribution in [0.4, 0.5) is 5.82 Å². The minimum Gasteiger partial charge on any atom is -0.456 e. The third-order valence-corrected chi connectivity index (χ3v) is 4.88. The van der Waals surface area contributed by atoms with Gasteiger partial charge in [0.15, 0.2) is 5.65 Å². The molecule has 7 nitrogen and oxygen atoms in total. The number of aryl methyl sites for hydroxylation is 2. The molecule has 1 atom stereocenters. The molecule has 2 N–H and O–H groups in total. The number of aromatic nitrogens is 3. The lowest BCUT2D eigenvalue weighted by atomic mass is 10.1. The van der Waals surface area contributed by atoms with E-state index in [9.17, 15) is 4.79 Å². The molecule has 0 saturated carbocycles. The summed E-state index contributed by atoms with van der Waals surface area (Å²) in [4.78, 5) is 22.5. The molecule has 0 spiro atoms. The lowest BCUT2D eigenvalue weighted by Crippen LogP contribution is -2.20. The highest BCUT2D eigenvalue weighted by Crippen LogP contribution is 2.32. The van der Waals surface area contributed by atoms with Crippen molar-refractivity contribution in [3.8, 4) is 5.69 Å². The van der Waals surface area contributed by atoms with Crippen LogP contribution in [0.5, 0.6) is 0 Å². The van der Waals surface area contributed by atoms with Crippen molar-refractivity contribution in [1.82, 2.24) is 14.5 Å². The predicted molar refractivity (Wildman–Crippen MR) is 117 cm³/mol. The Morgan fingerprint density at radius 3 is 2.37 bits per heavy atom. The summed E-state index contributed by atoms with van der Waals surface area (Å²) in [6.45, 7) is 6.08. The number of nitrogens with zero attached hydrogens (tertiary/aromatic N) is 3. The number of hydrogen-bond acceptors (Lipinski definition) is 6. The second-order valence-corrected chi connectivity index (χ2v) is 7.50. The molecule has 0 fully saturated rings. The van der Waals surface area contributed by atoms with Gasteiger partial charge in [0.1, 0.15) is 23.0 Å². The van der Waals surface area contributed by atoms with Gasteiger partial charge < -0.3 is 15.2 Å². The summed E-state index contributed by atoms with van der Waals surface area (Å²) in [6.07, 6.45) is -0.421. The molecule has 0 saturated heterocycles. The number of esters is 1. The van der Waals surface area contributed by atoms with Crippen LogP contribution < -0.4 is 5.73 Å². The minimum absolute atomic E-state index is 0.213. The Balaban J connectivity index is 2.00. The summed E-state index contributed by atoms with van der Waals surface area (Å²) < 4.78 is 12.4. The van der Waals surface area contributed by atoms with Gasteiger partial charge in [0.2, 0.25) is 0 Å². The van der Waals surface area contributed by atoms with Gasteiger partial charge in [-0.2, -0.15) is 0 Å². The molecule has 2 aromatic heterocycles. The molecular formula is C23H24N4O3. The van der Waals surface area contributed by atoms with Crippen LogP contribution in [0.25, 0.3) is 27.9 Å². The molecule has 1 unspecified atom stereocenters. The van der Waals surface area contributed by atoms with E-state index in [1.165, 1.54) is 0 Å². The van der Waals surface area contributed by atoms with E-state index in [1.807, 2.05) is 50.2 Å². The third kappa shape index (κ3) is 3.48. The number of benzene rings is 2. The molecular weight excluding hydrogens is 380 g/mol. The predicted octanol–water partition coefficient (Wildman–Crippen LogP) is 3.96. The molecule has 2 heterocycles. The average Bonchev–Trinajstić information content (AvgIpc) is 2.96. The molecule has 0 aliphatic rings. The zero-order valence-corrected chi connectivity index (χ0v) is 17.5. The van der Waals surface area contributed by atoms with E-state index in [0.717, 1.165) is 22.3 Å². The van der Waals surface area contributed by atoms with E-state index in [0.29, 0.717) is 16.7 Å². The lowest BCUT2D eigenvalue weighted by molar-refractivity contribution is 0.0123. The molecule has 154 valence electrons. The Morgan fingerprint density at radius 1 is 1.10 bits per heavy atom. The highest BCUT2D eigenvalue weighted by molar-refractivity contribution is 6.09. The molecule has 0 aliphatic carbocycles. The van der Waals surface area contributed by atoms with E-state index >= 15 is 0 Å². The Hall–Kier alpha value is -3.45. The number of nitrogen functional groups attached to an aromatic ring is 1. The van der Waals surface area contributed by atoms with Crippen LogP contribution in [-0.2, 0) is 9.47 Å². The van der Waals surface area contributed by atoms with Crippen LogP contribution in [-0.4, -0.2) is 40.3 Å². The Bertz CT molecular complexity index is 1240. The van der Waals surface area contributed by atoms with Crippen molar-refractivity contribution >= 4 is 34.0 Å². The van der Waals surface area contributed by atoms with Crippen LogP contribution in [0.2, 0.25) is 0 Å². The van der Waals surface area contributed by atoms with Crippen molar-refractivity contribution in [1.29, 1.82) is 0 Å². The Morgan fingerprint density at radius 2 is 1.73 bits per heavy atom. The summed E-state index contributed by atoms with van der Waals surface area (Å²) in [5.41, 5.74) is 12.0. The maximum atomic E-state index is 13.0. The molecule has 2 aromatic carbocycles. The number of nitrogens with two attached hydrogens (primary N) is 1. The first-order chi connectivity index (χ1) is 14.4. The van der Waals surface area contributed by atoms with Gasteiger partial charge >= 0.3 is 5.97 Å². The van der Waals surface area contributed by atoms with Gasteiger partial charge in [0, 0.05) is 12.8 Å². The lowest BCUT2D eigenvalue weighted by Gasteiger charge is -2.12. The molecule has 7 heteroatoms. The van der Waals surface area contributed by atoms with Gasteiger partial charge in [-0.15, -0.1) is 0 Å². The van der Waals surface area contributed by atoms with Crippen molar-refractivity contribution in [2.45, 2.75) is 26.9 Å². The standard InChI is InChI=1S/C23H24N4O3/c1-13-9-14(2)11-16(10-13)27-21(24)19(23(28)30-15(3)12-29-4)20-22(27)26-18-8-6-5-7-17(18)25-20/h5-11,15H,12,24H2,1-4H3. The fourth-order valence-corrected chi connectivity index (χ4v) is 3.71. The van der Waals surface area contributed by atoms with E-state index in [-0.39, 0.29) is 18.0 Å².